The molecule has 0 bridgehead atoms. The van der Waals surface area contributed by atoms with Crippen LogP contribution >= 0.6 is 11.8 Å². The van der Waals surface area contributed by atoms with Gasteiger partial charge in [0.25, 0.3) is 0 Å². The van der Waals surface area contributed by atoms with E-state index >= 15 is 0 Å². The highest BCUT2D eigenvalue weighted by atomic mass is 32.2. The van der Waals surface area contributed by atoms with Crippen LogP contribution in [-0.4, -0.2) is 26.4 Å². The van der Waals surface area contributed by atoms with Crippen LogP contribution in [-0.2, 0) is 5.75 Å². The van der Waals surface area contributed by atoms with Crippen molar-refractivity contribution in [2.75, 3.05) is 6.61 Å². The molecule has 0 radical (unpaired) electrons. The summed E-state index contributed by atoms with van der Waals surface area (Å²) in [6.45, 7) is 2.49. The number of hydrogen-bond donors (Lipinski definition) is 0. The summed E-state index contributed by atoms with van der Waals surface area (Å²) in [6.07, 6.45) is 3.37. The lowest BCUT2D eigenvalue weighted by Crippen LogP contribution is -2.01. The van der Waals surface area contributed by atoms with Crippen molar-refractivity contribution in [1.82, 2.24) is 19.7 Å². The van der Waals surface area contributed by atoms with Crippen LogP contribution in [0.4, 0.5) is 8.78 Å². The maximum atomic E-state index is 14.0. The molecule has 2 aromatic carbocycles. The lowest BCUT2D eigenvalue weighted by atomic mass is 10.2. The van der Waals surface area contributed by atoms with Crippen molar-refractivity contribution in [2.45, 2.75) is 17.8 Å². The molecule has 0 fully saturated rings. The first-order chi connectivity index (χ1) is 14.7. The normalized spacial score (nSPS) is 10.9. The zero-order valence-corrected chi connectivity index (χ0v) is 16.9. The Bertz CT molecular complexity index is 1110. The van der Waals surface area contributed by atoms with E-state index in [4.69, 9.17) is 4.74 Å². The molecule has 0 aliphatic carbocycles. The predicted octanol–water partition coefficient (Wildman–Crippen LogP) is 5.30. The molecule has 0 saturated heterocycles. The minimum Gasteiger partial charge on any atom is -0.494 e. The van der Waals surface area contributed by atoms with Gasteiger partial charge in [0.15, 0.2) is 11.0 Å². The van der Waals surface area contributed by atoms with Gasteiger partial charge in [-0.25, -0.2) is 8.78 Å². The van der Waals surface area contributed by atoms with Crippen LogP contribution in [0.3, 0.4) is 0 Å². The molecule has 0 N–H and O–H groups in total. The van der Waals surface area contributed by atoms with Gasteiger partial charge in [0.05, 0.1) is 6.61 Å². The molecule has 0 amide bonds. The van der Waals surface area contributed by atoms with E-state index in [-0.39, 0.29) is 11.3 Å². The molecule has 0 atom stereocenters. The summed E-state index contributed by atoms with van der Waals surface area (Å²) in [5.41, 5.74) is 1.59. The second kappa shape index (κ2) is 9.04. The number of ether oxygens (including phenoxy) is 1. The van der Waals surface area contributed by atoms with Crippen LogP contribution in [0.2, 0.25) is 0 Å². The molecule has 0 saturated carbocycles. The van der Waals surface area contributed by atoms with Gasteiger partial charge in [-0.3, -0.25) is 9.55 Å². The fourth-order valence-corrected chi connectivity index (χ4v) is 3.91. The molecule has 152 valence electrons. The molecule has 0 aliphatic heterocycles. The summed E-state index contributed by atoms with van der Waals surface area (Å²) in [5, 5.41) is 9.10. The Labute approximate surface area is 176 Å². The van der Waals surface area contributed by atoms with Gasteiger partial charge in [0.2, 0.25) is 0 Å². The third kappa shape index (κ3) is 4.18. The molecule has 30 heavy (non-hydrogen) atoms. The minimum absolute atomic E-state index is 0.00618. The van der Waals surface area contributed by atoms with Gasteiger partial charge in [-0.15, -0.1) is 10.2 Å². The van der Waals surface area contributed by atoms with Crippen LogP contribution in [0.15, 0.2) is 72.1 Å². The lowest BCUT2D eigenvalue weighted by Gasteiger charge is -2.12. The Hall–Kier alpha value is -3.26. The maximum Gasteiger partial charge on any atom is 0.196 e. The van der Waals surface area contributed by atoms with Crippen molar-refractivity contribution in [1.29, 1.82) is 0 Å². The number of rotatable bonds is 7. The Morgan fingerprint density at radius 2 is 1.73 bits per heavy atom. The van der Waals surface area contributed by atoms with Gasteiger partial charge in [0.1, 0.15) is 17.4 Å². The number of aromatic nitrogens is 4. The molecular formula is C22H18F2N4OS. The molecule has 5 nitrogen and oxygen atoms in total. The van der Waals surface area contributed by atoms with E-state index in [1.54, 1.807) is 12.4 Å². The van der Waals surface area contributed by atoms with E-state index in [2.05, 4.69) is 15.2 Å². The van der Waals surface area contributed by atoms with Gasteiger partial charge < -0.3 is 4.74 Å². The van der Waals surface area contributed by atoms with Gasteiger partial charge in [-0.1, -0.05) is 17.8 Å². The molecule has 0 spiro atoms. The summed E-state index contributed by atoms with van der Waals surface area (Å²) >= 11 is 1.21. The van der Waals surface area contributed by atoms with E-state index in [0.29, 0.717) is 17.6 Å². The SMILES string of the molecule is CCOc1ccc(-n2c(SCc3c(F)cccc3F)nnc2-c2cccnc2)cc1. The van der Waals surface area contributed by atoms with Gasteiger partial charge >= 0.3 is 0 Å². The fraction of sp³-hybridized carbons (Fsp3) is 0.136. The molecular weight excluding hydrogens is 406 g/mol. The number of hydrogen-bond acceptors (Lipinski definition) is 5. The molecule has 4 rings (SSSR count). The standard InChI is InChI=1S/C22H18F2N4OS/c1-2-29-17-10-8-16(9-11-17)28-21(15-5-4-12-25-13-15)26-27-22(28)30-14-18-19(23)6-3-7-20(18)24/h3-13H,2,14H2,1H3. The molecule has 8 heteroatoms. The Balaban J connectivity index is 1.72. The van der Waals surface area contributed by atoms with Crippen LogP contribution in [0.5, 0.6) is 5.75 Å². The van der Waals surface area contributed by atoms with E-state index in [0.717, 1.165) is 17.0 Å². The zero-order valence-electron chi connectivity index (χ0n) is 16.1. The molecule has 0 unspecified atom stereocenters. The monoisotopic (exact) mass is 424 g/mol. The van der Waals surface area contributed by atoms with E-state index in [1.165, 1.54) is 30.0 Å². The van der Waals surface area contributed by atoms with Gasteiger partial charge in [-0.2, -0.15) is 0 Å². The average molecular weight is 424 g/mol. The average Bonchev–Trinajstić information content (AvgIpc) is 3.19. The Morgan fingerprint density at radius 1 is 0.967 bits per heavy atom. The molecule has 2 heterocycles. The van der Waals surface area contributed by atoms with Crippen molar-refractivity contribution < 1.29 is 13.5 Å². The van der Waals surface area contributed by atoms with Crippen molar-refractivity contribution >= 4 is 11.8 Å². The smallest absolute Gasteiger partial charge is 0.196 e. The maximum absolute atomic E-state index is 14.0. The van der Waals surface area contributed by atoms with Crippen molar-refractivity contribution in [2.24, 2.45) is 0 Å². The van der Waals surface area contributed by atoms with Crippen LogP contribution in [0.25, 0.3) is 17.1 Å². The molecule has 0 aliphatic rings. The quantitative estimate of drug-likeness (QED) is 0.377. The van der Waals surface area contributed by atoms with Crippen molar-refractivity contribution in [3.05, 3.63) is 84.2 Å². The number of nitrogens with zero attached hydrogens (tertiary/aromatic N) is 4. The minimum atomic E-state index is -0.581. The van der Waals surface area contributed by atoms with Gasteiger partial charge in [-0.05, 0) is 55.5 Å². The predicted molar refractivity (Wildman–Crippen MR) is 112 cm³/mol. The first kappa shape index (κ1) is 20.0. The second-order valence-corrected chi connectivity index (χ2v) is 7.24. The fourth-order valence-electron chi connectivity index (χ4n) is 2.94. The summed E-state index contributed by atoms with van der Waals surface area (Å²) in [7, 11) is 0. The first-order valence-corrected chi connectivity index (χ1v) is 10.3. The topological polar surface area (TPSA) is 52.8 Å². The van der Waals surface area contributed by atoms with E-state index in [9.17, 15) is 8.78 Å². The Morgan fingerprint density at radius 3 is 2.40 bits per heavy atom. The zero-order chi connectivity index (χ0) is 20.9. The summed E-state index contributed by atoms with van der Waals surface area (Å²) < 4.78 is 35.5. The van der Waals surface area contributed by atoms with Crippen LogP contribution < -0.4 is 4.74 Å². The number of halogens is 2. The Kier molecular flexibility index (Phi) is 6.04. The van der Waals surface area contributed by atoms with Crippen molar-refractivity contribution in [3.63, 3.8) is 0 Å². The highest BCUT2D eigenvalue weighted by Crippen LogP contribution is 2.31. The number of benzene rings is 2. The molecule has 2 aromatic heterocycles. The summed E-state index contributed by atoms with van der Waals surface area (Å²) in [4.78, 5) is 4.15. The van der Waals surface area contributed by atoms with E-state index < -0.39 is 11.6 Å². The first-order valence-electron chi connectivity index (χ1n) is 9.32. The van der Waals surface area contributed by atoms with Crippen molar-refractivity contribution in [3.8, 4) is 22.8 Å². The van der Waals surface area contributed by atoms with Crippen LogP contribution in [0, 0.1) is 11.6 Å². The molecule has 4 aromatic rings. The van der Waals surface area contributed by atoms with E-state index in [1.807, 2.05) is 47.9 Å². The number of thioether (sulfide) groups is 1. The third-order valence-electron chi connectivity index (χ3n) is 4.37. The highest BCUT2D eigenvalue weighted by Gasteiger charge is 2.18. The summed E-state index contributed by atoms with van der Waals surface area (Å²) in [5.74, 6) is 0.258. The second-order valence-electron chi connectivity index (χ2n) is 6.30. The lowest BCUT2D eigenvalue weighted by molar-refractivity contribution is 0.340. The van der Waals surface area contributed by atoms with Gasteiger partial charge in [0, 0.05) is 35.0 Å². The third-order valence-corrected chi connectivity index (χ3v) is 5.32. The van der Waals surface area contributed by atoms with Crippen LogP contribution in [0.1, 0.15) is 12.5 Å². The highest BCUT2D eigenvalue weighted by molar-refractivity contribution is 7.98. The largest absolute Gasteiger partial charge is 0.494 e. The number of pyridine rings is 1. The summed E-state index contributed by atoms with van der Waals surface area (Å²) in [6, 6.07) is 15.0.